The number of aliphatic imine (C=N–C) groups is 1. The SMILES string of the molecule is CN=C(NCCCN1CCN(c2ccc(OC)cc2)CC1)NC(C)C.I. The standard InChI is InChI=1S/C19H33N5O.HI/c1-16(2)22-19(20-3)21-10-5-11-23-12-14-24(15-13-23)17-6-8-18(25-4)9-7-17;/h6-9,16H,5,10-15H2,1-4H3,(H2,20,21,22);1H. The number of methoxy groups -OCH3 is 1. The highest BCUT2D eigenvalue weighted by molar-refractivity contribution is 14.0. The lowest BCUT2D eigenvalue weighted by molar-refractivity contribution is 0.255. The largest absolute Gasteiger partial charge is 0.497 e. The van der Waals surface area contributed by atoms with Crippen LogP contribution in [0.2, 0.25) is 0 Å². The van der Waals surface area contributed by atoms with Gasteiger partial charge in [0.15, 0.2) is 5.96 Å². The smallest absolute Gasteiger partial charge is 0.191 e. The van der Waals surface area contributed by atoms with Crippen molar-refractivity contribution in [2.45, 2.75) is 26.3 Å². The van der Waals surface area contributed by atoms with Crippen LogP contribution >= 0.6 is 24.0 Å². The molecule has 0 spiro atoms. The number of rotatable bonds is 7. The van der Waals surface area contributed by atoms with Gasteiger partial charge in [0.2, 0.25) is 0 Å². The van der Waals surface area contributed by atoms with Gasteiger partial charge in [0.05, 0.1) is 7.11 Å². The van der Waals surface area contributed by atoms with Crippen molar-refractivity contribution < 1.29 is 4.74 Å². The lowest BCUT2D eigenvalue weighted by Crippen LogP contribution is -2.47. The van der Waals surface area contributed by atoms with E-state index < -0.39 is 0 Å². The van der Waals surface area contributed by atoms with E-state index >= 15 is 0 Å². The zero-order chi connectivity index (χ0) is 18.1. The van der Waals surface area contributed by atoms with E-state index in [1.165, 1.54) is 5.69 Å². The van der Waals surface area contributed by atoms with Crippen LogP contribution in [0, 0.1) is 0 Å². The Balaban J connectivity index is 0.00000338. The highest BCUT2D eigenvalue weighted by atomic mass is 127. The molecule has 0 bridgehead atoms. The van der Waals surface area contributed by atoms with Crippen molar-refractivity contribution in [3.8, 4) is 5.75 Å². The fraction of sp³-hybridized carbons (Fsp3) is 0.632. The molecule has 0 amide bonds. The van der Waals surface area contributed by atoms with Gasteiger partial charge in [-0.25, -0.2) is 0 Å². The highest BCUT2D eigenvalue weighted by Crippen LogP contribution is 2.20. The minimum Gasteiger partial charge on any atom is -0.497 e. The molecule has 26 heavy (non-hydrogen) atoms. The average molecular weight is 475 g/mol. The summed E-state index contributed by atoms with van der Waals surface area (Å²) in [5.74, 6) is 1.80. The maximum atomic E-state index is 5.23. The Bertz CT molecular complexity index is 527. The second kappa shape index (κ2) is 12.2. The Hall–Kier alpha value is -1.22. The van der Waals surface area contributed by atoms with Crippen LogP contribution in [0.1, 0.15) is 20.3 Å². The fourth-order valence-electron chi connectivity index (χ4n) is 3.00. The molecule has 0 radical (unpaired) electrons. The minimum atomic E-state index is 0. The van der Waals surface area contributed by atoms with Crippen LogP contribution in [0.25, 0.3) is 0 Å². The van der Waals surface area contributed by atoms with Gasteiger partial charge in [-0.05, 0) is 51.1 Å². The first-order valence-electron chi connectivity index (χ1n) is 9.21. The third-order valence-electron chi connectivity index (χ3n) is 4.40. The van der Waals surface area contributed by atoms with Crippen molar-refractivity contribution in [1.82, 2.24) is 15.5 Å². The lowest BCUT2D eigenvalue weighted by atomic mass is 10.2. The maximum absolute atomic E-state index is 5.23. The summed E-state index contributed by atoms with van der Waals surface area (Å²) in [7, 11) is 3.52. The van der Waals surface area contributed by atoms with Crippen molar-refractivity contribution in [2.75, 3.05) is 58.3 Å². The average Bonchev–Trinajstić information content (AvgIpc) is 2.64. The number of halogens is 1. The Labute approximate surface area is 175 Å². The number of nitrogens with zero attached hydrogens (tertiary/aromatic N) is 3. The van der Waals surface area contributed by atoms with E-state index in [0.29, 0.717) is 6.04 Å². The van der Waals surface area contributed by atoms with E-state index in [1.807, 2.05) is 19.2 Å². The maximum Gasteiger partial charge on any atom is 0.191 e. The number of hydrogen-bond donors (Lipinski definition) is 2. The van der Waals surface area contributed by atoms with Crippen molar-refractivity contribution in [3.05, 3.63) is 24.3 Å². The summed E-state index contributed by atoms with van der Waals surface area (Å²) in [6, 6.07) is 8.76. The molecule has 148 valence electrons. The van der Waals surface area contributed by atoms with Crippen LogP contribution in [0.15, 0.2) is 29.3 Å². The molecule has 1 aliphatic rings. The number of ether oxygens (including phenoxy) is 1. The highest BCUT2D eigenvalue weighted by Gasteiger charge is 2.16. The predicted octanol–water partition coefficient (Wildman–Crippen LogP) is 2.40. The van der Waals surface area contributed by atoms with Gasteiger partial charge in [-0.2, -0.15) is 0 Å². The molecule has 0 aliphatic carbocycles. The van der Waals surface area contributed by atoms with Crippen LogP contribution < -0.4 is 20.3 Å². The van der Waals surface area contributed by atoms with Gasteiger partial charge in [0.1, 0.15) is 5.75 Å². The van der Waals surface area contributed by atoms with Crippen LogP contribution in [0.5, 0.6) is 5.75 Å². The van der Waals surface area contributed by atoms with Gasteiger partial charge >= 0.3 is 0 Å². The molecule has 2 rings (SSSR count). The van der Waals surface area contributed by atoms with E-state index in [1.54, 1.807) is 7.11 Å². The molecule has 0 atom stereocenters. The monoisotopic (exact) mass is 475 g/mol. The van der Waals surface area contributed by atoms with Gasteiger partial charge in [-0.3, -0.25) is 9.89 Å². The first kappa shape index (κ1) is 22.8. The van der Waals surface area contributed by atoms with Crippen LogP contribution in [-0.2, 0) is 0 Å². The molecule has 1 saturated heterocycles. The second-order valence-electron chi connectivity index (χ2n) is 6.68. The van der Waals surface area contributed by atoms with E-state index in [9.17, 15) is 0 Å². The molecular formula is C19H34IN5O. The zero-order valence-electron chi connectivity index (χ0n) is 16.5. The van der Waals surface area contributed by atoms with Crippen LogP contribution in [0.4, 0.5) is 5.69 Å². The first-order valence-corrected chi connectivity index (χ1v) is 9.21. The molecule has 1 heterocycles. The van der Waals surface area contributed by atoms with E-state index in [4.69, 9.17) is 4.74 Å². The van der Waals surface area contributed by atoms with Crippen molar-refractivity contribution in [1.29, 1.82) is 0 Å². The molecule has 7 heteroatoms. The van der Waals surface area contributed by atoms with E-state index in [2.05, 4.69) is 51.4 Å². The Kier molecular flexibility index (Phi) is 10.7. The molecule has 0 saturated carbocycles. The molecule has 0 unspecified atom stereocenters. The first-order chi connectivity index (χ1) is 12.1. The van der Waals surface area contributed by atoms with Gasteiger partial charge in [0.25, 0.3) is 0 Å². The Morgan fingerprint density at radius 3 is 2.35 bits per heavy atom. The number of nitrogens with one attached hydrogen (secondary N) is 2. The summed E-state index contributed by atoms with van der Waals surface area (Å²) in [5.41, 5.74) is 1.28. The summed E-state index contributed by atoms with van der Waals surface area (Å²) in [6.45, 7) is 10.7. The summed E-state index contributed by atoms with van der Waals surface area (Å²) >= 11 is 0. The Morgan fingerprint density at radius 1 is 1.15 bits per heavy atom. The minimum absolute atomic E-state index is 0. The number of anilines is 1. The second-order valence-corrected chi connectivity index (χ2v) is 6.68. The third kappa shape index (κ3) is 7.57. The summed E-state index contributed by atoms with van der Waals surface area (Å²) in [4.78, 5) is 9.22. The van der Waals surface area contributed by atoms with Gasteiger partial charge in [-0.15, -0.1) is 24.0 Å². The van der Waals surface area contributed by atoms with Gasteiger partial charge in [0, 0.05) is 51.5 Å². The molecule has 0 aromatic heterocycles. The molecule has 1 fully saturated rings. The molecule has 1 aliphatic heterocycles. The quantitative estimate of drug-likeness (QED) is 0.275. The molecule has 1 aromatic rings. The topological polar surface area (TPSA) is 52.1 Å². The van der Waals surface area contributed by atoms with Gasteiger partial charge in [-0.1, -0.05) is 0 Å². The number of hydrogen-bond acceptors (Lipinski definition) is 4. The fourth-order valence-corrected chi connectivity index (χ4v) is 3.00. The van der Waals surface area contributed by atoms with Crippen molar-refractivity contribution >= 4 is 35.6 Å². The van der Waals surface area contributed by atoms with E-state index in [-0.39, 0.29) is 24.0 Å². The third-order valence-corrected chi connectivity index (χ3v) is 4.40. The van der Waals surface area contributed by atoms with Gasteiger partial charge < -0.3 is 20.3 Å². The molecular weight excluding hydrogens is 441 g/mol. The summed E-state index contributed by atoms with van der Waals surface area (Å²) in [6.07, 6.45) is 1.13. The van der Waals surface area contributed by atoms with E-state index in [0.717, 1.165) is 57.4 Å². The van der Waals surface area contributed by atoms with Crippen molar-refractivity contribution in [2.24, 2.45) is 4.99 Å². The van der Waals surface area contributed by atoms with Crippen molar-refractivity contribution in [3.63, 3.8) is 0 Å². The molecule has 2 N–H and O–H groups in total. The molecule has 1 aromatic carbocycles. The predicted molar refractivity (Wildman–Crippen MR) is 121 cm³/mol. The normalized spacial score (nSPS) is 15.6. The van der Waals surface area contributed by atoms with Crippen LogP contribution in [0.3, 0.4) is 0 Å². The number of benzene rings is 1. The summed E-state index contributed by atoms with van der Waals surface area (Å²) < 4.78 is 5.23. The zero-order valence-corrected chi connectivity index (χ0v) is 18.8. The summed E-state index contributed by atoms with van der Waals surface area (Å²) in [5, 5.41) is 6.69. The molecule has 6 nitrogen and oxygen atoms in total. The Morgan fingerprint density at radius 2 is 1.81 bits per heavy atom. The van der Waals surface area contributed by atoms with Crippen LogP contribution in [-0.4, -0.2) is 70.3 Å². The number of piperazine rings is 1. The number of guanidine groups is 1. The lowest BCUT2D eigenvalue weighted by Gasteiger charge is -2.36.